The van der Waals surface area contributed by atoms with E-state index in [1.54, 1.807) is 32.4 Å². The standard InChI is InChI=1S/C13H18ClNO3/c1-17-7-3-6-15-13(16)9-10-8-11(14)4-5-12(10)18-2/h4-5,8H,3,6-7,9H2,1-2H3,(H,15,16). The van der Waals surface area contributed by atoms with Crippen LogP contribution in [0, 0.1) is 0 Å². The topological polar surface area (TPSA) is 47.6 Å². The van der Waals surface area contributed by atoms with Crippen molar-refractivity contribution in [3.63, 3.8) is 0 Å². The Balaban J connectivity index is 2.50. The minimum absolute atomic E-state index is 0.0494. The van der Waals surface area contributed by atoms with Crippen molar-refractivity contribution in [2.75, 3.05) is 27.4 Å². The fourth-order valence-corrected chi connectivity index (χ4v) is 1.76. The molecule has 0 bridgehead atoms. The number of carbonyl (C=O) groups is 1. The number of hydrogen-bond acceptors (Lipinski definition) is 3. The van der Waals surface area contributed by atoms with E-state index in [-0.39, 0.29) is 12.3 Å². The zero-order valence-electron chi connectivity index (χ0n) is 10.7. The summed E-state index contributed by atoms with van der Waals surface area (Å²) in [7, 11) is 3.21. The fraction of sp³-hybridized carbons (Fsp3) is 0.462. The number of benzene rings is 1. The molecule has 0 aliphatic heterocycles. The van der Waals surface area contributed by atoms with E-state index in [4.69, 9.17) is 21.1 Å². The minimum atomic E-state index is -0.0494. The third kappa shape index (κ3) is 4.94. The van der Waals surface area contributed by atoms with E-state index in [0.717, 1.165) is 12.0 Å². The number of methoxy groups -OCH3 is 2. The number of carbonyl (C=O) groups excluding carboxylic acids is 1. The third-order valence-corrected chi connectivity index (χ3v) is 2.68. The van der Waals surface area contributed by atoms with E-state index < -0.39 is 0 Å². The summed E-state index contributed by atoms with van der Waals surface area (Å²) in [5.74, 6) is 0.623. The lowest BCUT2D eigenvalue weighted by molar-refractivity contribution is -0.120. The molecule has 0 heterocycles. The van der Waals surface area contributed by atoms with Gasteiger partial charge in [0.25, 0.3) is 0 Å². The van der Waals surface area contributed by atoms with Crippen LogP contribution in [0.1, 0.15) is 12.0 Å². The van der Waals surface area contributed by atoms with E-state index in [9.17, 15) is 4.79 Å². The van der Waals surface area contributed by atoms with E-state index >= 15 is 0 Å². The molecular weight excluding hydrogens is 254 g/mol. The van der Waals surface area contributed by atoms with Crippen LogP contribution in [0.4, 0.5) is 0 Å². The monoisotopic (exact) mass is 271 g/mol. The van der Waals surface area contributed by atoms with Gasteiger partial charge in [0.05, 0.1) is 13.5 Å². The summed E-state index contributed by atoms with van der Waals surface area (Å²) in [4.78, 5) is 11.7. The first kappa shape index (κ1) is 14.8. The largest absolute Gasteiger partial charge is 0.496 e. The van der Waals surface area contributed by atoms with Crippen molar-refractivity contribution in [1.29, 1.82) is 0 Å². The summed E-state index contributed by atoms with van der Waals surface area (Å²) in [6.07, 6.45) is 1.06. The van der Waals surface area contributed by atoms with Gasteiger partial charge in [-0.2, -0.15) is 0 Å². The maximum Gasteiger partial charge on any atom is 0.224 e. The molecule has 1 aromatic carbocycles. The highest BCUT2D eigenvalue weighted by Gasteiger charge is 2.08. The molecule has 0 aliphatic carbocycles. The molecule has 0 aromatic heterocycles. The highest BCUT2D eigenvalue weighted by atomic mass is 35.5. The number of halogens is 1. The molecule has 0 saturated carbocycles. The van der Waals surface area contributed by atoms with Crippen molar-refractivity contribution in [2.24, 2.45) is 0 Å². The van der Waals surface area contributed by atoms with Crippen molar-refractivity contribution in [3.05, 3.63) is 28.8 Å². The zero-order valence-corrected chi connectivity index (χ0v) is 11.4. The number of nitrogens with one attached hydrogen (secondary N) is 1. The van der Waals surface area contributed by atoms with Gasteiger partial charge in [-0.3, -0.25) is 4.79 Å². The lowest BCUT2D eigenvalue weighted by Crippen LogP contribution is -2.26. The molecular formula is C13H18ClNO3. The van der Waals surface area contributed by atoms with Gasteiger partial charge in [0.15, 0.2) is 0 Å². The van der Waals surface area contributed by atoms with Crippen LogP contribution in [0.2, 0.25) is 5.02 Å². The van der Waals surface area contributed by atoms with Gasteiger partial charge in [0.1, 0.15) is 5.75 Å². The second kappa shape index (κ2) is 7.95. The van der Waals surface area contributed by atoms with Gasteiger partial charge < -0.3 is 14.8 Å². The Morgan fingerprint density at radius 3 is 2.83 bits per heavy atom. The van der Waals surface area contributed by atoms with E-state index in [1.807, 2.05) is 0 Å². The van der Waals surface area contributed by atoms with Gasteiger partial charge in [0.2, 0.25) is 5.91 Å². The maximum atomic E-state index is 11.7. The Hall–Kier alpha value is -1.26. The van der Waals surface area contributed by atoms with Crippen molar-refractivity contribution in [3.8, 4) is 5.75 Å². The molecule has 1 aromatic rings. The second-order valence-electron chi connectivity index (χ2n) is 3.83. The van der Waals surface area contributed by atoms with Crippen LogP contribution in [0.25, 0.3) is 0 Å². The molecule has 0 radical (unpaired) electrons. The second-order valence-corrected chi connectivity index (χ2v) is 4.27. The lowest BCUT2D eigenvalue weighted by Gasteiger charge is -2.09. The van der Waals surface area contributed by atoms with Crippen LogP contribution in [0.15, 0.2) is 18.2 Å². The molecule has 0 atom stereocenters. The number of ether oxygens (including phenoxy) is 2. The predicted octanol–water partition coefficient (Wildman–Crippen LogP) is 2.04. The highest BCUT2D eigenvalue weighted by Crippen LogP contribution is 2.22. The fourth-order valence-electron chi connectivity index (χ4n) is 1.57. The normalized spacial score (nSPS) is 10.2. The molecule has 18 heavy (non-hydrogen) atoms. The predicted molar refractivity (Wildman–Crippen MR) is 71.2 cm³/mol. The van der Waals surface area contributed by atoms with Gasteiger partial charge in [-0.25, -0.2) is 0 Å². The summed E-state index contributed by atoms with van der Waals surface area (Å²) < 4.78 is 10.1. The van der Waals surface area contributed by atoms with Gasteiger partial charge in [-0.1, -0.05) is 11.6 Å². The molecule has 0 saturated heterocycles. The third-order valence-electron chi connectivity index (χ3n) is 2.44. The average Bonchev–Trinajstić information content (AvgIpc) is 2.35. The first-order chi connectivity index (χ1) is 8.67. The molecule has 5 heteroatoms. The number of amides is 1. The van der Waals surface area contributed by atoms with Crippen LogP contribution in [0.5, 0.6) is 5.75 Å². The first-order valence-corrected chi connectivity index (χ1v) is 6.13. The molecule has 1 rings (SSSR count). The van der Waals surface area contributed by atoms with Crippen LogP contribution >= 0.6 is 11.6 Å². The minimum Gasteiger partial charge on any atom is -0.496 e. The van der Waals surface area contributed by atoms with Crippen molar-refractivity contribution in [2.45, 2.75) is 12.8 Å². The average molecular weight is 272 g/mol. The van der Waals surface area contributed by atoms with Crippen molar-refractivity contribution in [1.82, 2.24) is 5.32 Å². The Kier molecular flexibility index (Phi) is 6.54. The molecule has 0 fully saturated rings. The smallest absolute Gasteiger partial charge is 0.224 e. The Morgan fingerprint density at radius 1 is 1.39 bits per heavy atom. The van der Waals surface area contributed by atoms with Gasteiger partial charge in [-0.15, -0.1) is 0 Å². The SMILES string of the molecule is COCCCNC(=O)Cc1cc(Cl)ccc1OC. The maximum absolute atomic E-state index is 11.7. The Bertz CT molecular complexity index is 396. The zero-order chi connectivity index (χ0) is 13.4. The Morgan fingerprint density at radius 2 is 2.17 bits per heavy atom. The first-order valence-electron chi connectivity index (χ1n) is 5.75. The van der Waals surface area contributed by atoms with Crippen LogP contribution in [-0.4, -0.2) is 33.3 Å². The van der Waals surface area contributed by atoms with E-state index in [1.165, 1.54) is 0 Å². The van der Waals surface area contributed by atoms with Crippen molar-refractivity contribution >= 4 is 17.5 Å². The molecule has 1 amide bonds. The van der Waals surface area contributed by atoms with E-state index in [0.29, 0.717) is 23.9 Å². The van der Waals surface area contributed by atoms with Gasteiger partial charge in [0, 0.05) is 30.8 Å². The van der Waals surface area contributed by atoms with Crippen molar-refractivity contribution < 1.29 is 14.3 Å². The van der Waals surface area contributed by atoms with Gasteiger partial charge >= 0.3 is 0 Å². The summed E-state index contributed by atoms with van der Waals surface area (Å²) in [6.45, 7) is 1.25. The molecule has 0 spiro atoms. The molecule has 1 N–H and O–H groups in total. The Labute approximate surface area is 112 Å². The molecule has 0 aliphatic rings. The molecule has 100 valence electrons. The number of hydrogen-bond donors (Lipinski definition) is 1. The highest BCUT2D eigenvalue weighted by molar-refractivity contribution is 6.30. The quantitative estimate of drug-likeness (QED) is 0.772. The van der Waals surface area contributed by atoms with Crippen LogP contribution in [-0.2, 0) is 16.0 Å². The van der Waals surface area contributed by atoms with E-state index in [2.05, 4.69) is 5.32 Å². The summed E-state index contributed by atoms with van der Waals surface area (Å²) in [5, 5.41) is 3.41. The van der Waals surface area contributed by atoms with Gasteiger partial charge in [-0.05, 0) is 24.6 Å². The molecule has 4 nitrogen and oxygen atoms in total. The summed E-state index contributed by atoms with van der Waals surface area (Å²) >= 11 is 5.90. The molecule has 0 unspecified atom stereocenters. The summed E-state index contributed by atoms with van der Waals surface area (Å²) in [6, 6.07) is 5.24. The lowest BCUT2D eigenvalue weighted by atomic mass is 10.1. The summed E-state index contributed by atoms with van der Waals surface area (Å²) in [5.41, 5.74) is 0.786. The van der Waals surface area contributed by atoms with Crippen LogP contribution < -0.4 is 10.1 Å². The van der Waals surface area contributed by atoms with Crippen LogP contribution in [0.3, 0.4) is 0 Å². The number of rotatable bonds is 7.